The van der Waals surface area contributed by atoms with E-state index in [1.165, 1.54) is 0 Å². The Morgan fingerprint density at radius 1 is 1.20 bits per heavy atom. The predicted molar refractivity (Wildman–Crippen MR) is 116 cm³/mol. The molecular formula is C23H28N4O3. The third-order valence-electron chi connectivity index (χ3n) is 5.59. The molecule has 0 atom stereocenters. The Labute approximate surface area is 176 Å². The molecule has 1 fully saturated rings. The SMILES string of the molecule is Cc1c(C2CCN(C(=O)OC(C)(C)C)CC2)[nH]c2nnc(-c3ccccc3O)cc12. The number of carbonyl (C=O) groups is 1. The standard InChI is InChI=1S/C23H28N4O3/c1-14-17-13-18(16-7-5-6-8-19(16)28)25-26-21(17)24-20(14)15-9-11-27(12-10-15)22(29)30-23(2,3)4/h5-8,13,15,28H,9-12H2,1-4H3,(H,24,26). The number of hydrogen-bond acceptors (Lipinski definition) is 5. The number of amides is 1. The van der Waals surface area contributed by atoms with Gasteiger partial charge < -0.3 is 19.7 Å². The molecule has 2 aromatic heterocycles. The van der Waals surface area contributed by atoms with E-state index in [1.54, 1.807) is 17.0 Å². The Bertz CT molecular complexity index is 1080. The molecular weight excluding hydrogens is 380 g/mol. The number of aromatic amines is 1. The van der Waals surface area contributed by atoms with E-state index in [0.29, 0.717) is 30.3 Å². The van der Waals surface area contributed by atoms with E-state index in [4.69, 9.17) is 4.74 Å². The number of piperidine rings is 1. The van der Waals surface area contributed by atoms with Gasteiger partial charge in [-0.05, 0) is 64.3 Å². The van der Waals surface area contributed by atoms with Gasteiger partial charge in [0.05, 0.1) is 5.69 Å². The van der Waals surface area contributed by atoms with Crippen molar-refractivity contribution in [3.63, 3.8) is 0 Å². The van der Waals surface area contributed by atoms with Gasteiger partial charge in [0, 0.05) is 35.7 Å². The molecule has 0 radical (unpaired) electrons. The highest BCUT2D eigenvalue weighted by molar-refractivity contribution is 5.85. The maximum atomic E-state index is 12.3. The molecule has 2 N–H and O–H groups in total. The van der Waals surface area contributed by atoms with E-state index in [0.717, 1.165) is 35.1 Å². The van der Waals surface area contributed by atoms with E-state index in [-0.39, 0.29) is 11.8 Å². The zero-order valence-corrected chi connectivity index (χ0v) is 17.9. The molecule has 1 aromatic carbocycles. The summed E-state index contributed by atoms with van der Waals surface area (Å²) in [6, 6.07) is 9.11. The Hall–Kier alpha value is -3.09. The first-order chi connectivity index (χ1) is 14.2. The monoisotopic (exact) mass is 408 g/mol. The third-order valence-corrected chi connectivity index (χ3v) is 5.59. The van der Waals surface area contributed by atoms with Crippen molar-refractivity contribution in [2.45, 2.75) is 52.1 Å². The van der Waals surface area contributed by atoms with Gasteiger partial charge in [-0.1, -0.05) is 12.1 Å². The van der Waals surface area contributed by atoms with Gasteiger partial charge in [0.2, 0.25) is 0 Å². The van der Waals surface area contributed by atoms with Crippen LogP contribution in [0, 0.1) is 6.92 Å². The lowest BCUT2D eigenvalue weighted by Gasteiger charge is -2.33. The first kappa shape index (κ1) is 20.2. The summed E-state index contributed by atoms with van der Waals surface area (Å²) in [7, 11) is 0. The largest absolute Gasteiger partial charge is 0.507 e. The lowest BCUT2D eigenvalue weighted by molar-refractivity contribution is 0.0204. The fourth-order valence-electron chi connectivity index (χ4n) is 4.04. The highest BCUT2D eigenvalue weighted by Crippen LogP contribution is 2.35. The summed E-state index contributed by atoms with van der Waals surface area (Å²) in [4.78, 5) is 17.5. The number of aryl methyl sites for hydroxylation is 1. The van der Waals surface area contributed by atoms with Crippen LogP contribution in [0.1, 0.15) is 50.8 Å². The molecule has 1 aliphatic rings. The second kappa shape index (κ2) is 7.63. The Morgan fingerprint density at radius 3 is 2.57 bits per heavy atom. The van der Waals surface area contributed by atoms with E-state index in [9.17, 15) is 9.90 Å². The number of aromatic nitrogens is 3. The number of phenols is 1. The number of ether oxygens (including phenoxy) is 1. The fourth-order valence-corrected chi connectivity index (χ4v) is 4.04. The number of carbonyl (C=O) groups excluding carboxylic acids is 1. The molecule has 3 heterocycles. The molecule has 3 aromatic rings. The van der Waals surface area contributed by atoms with Gasteiger partial charge in [-0.25, -0.2) is 4.79 Å². The number of fused-ring (bicyclic) bond motifs is 1. The number of phenolic OH excluding ortho intramolecular Hbond substituents is 1. The lowest BCUT2D eigenvalue weighted by Crippen LogP contribution is -2.41. The average molecular weight is 409 g/mol. The summed E-state index contributed by atoms with van der Waals surface area (Å²) in [6.45, 7) is 9.08. The molecule has 0 saturated carbocycles. The van der Waals surface area contributed by atoms with Crippen molar-refractivity contribution in [3.05, 3.63) is 41.6 Å². The number of nitrogens with zero attached hydrogens (tertiary/aromatic N) is 3. The van der Waals surface area contributed by atoms with Crippen molar-refractivity contribution in [2.24, 2.45) is 0 Å². The molecule has 1 aliphatic heterocycles. The Morgan fingerprint density at radius 2 is 1.90 bits per heavy atom. The van der Waals surface area contributed by atoms with Gasteiger partial charge in [-0.15, -0.1) is 10.2 Å². The van der Waals surface area contributed by atoms with E-state index < -0.39 is 5.60 Å². The first-order valence-corrected chi connectivity index (χ1v) is 10.3. The van der Waals surface area contributed by atoms with Gasteiger partial charge in [0.25, 0.3) is 0 Å². The smallest absolute Gasteiger partial charge is 0.410 e. The number of para-hydroxylation sites is 1. The summed E-state index contributed by atoms with van der Waals surface area (Å²) < 4.78 is 5.50. The molecule has 0 spiro atoms. The molecule has 7 nitrogen and oxygen atoms in total. The zero-order chi connectivity index (χ0) is 21.5. The second-order valence-corrected chi connectivity index (χ2v) is 8.91. The van der Waals surface area contributed by atoms with Crippen LogP contribution in [-0.4, -0.2) is 50.0 Å². The third kappa shape index (κ3) is 3.97. The van der Waals surface area contributed by atoms with E-state index >= 15 is 0 Å². The van der Waals surface area contributed by atoms with Crippen molar-refractivity contribution >= 4 is 17.1 Å². The molecule has 30 heavy (non-hydrogen) atoms. The highest BCUT2D eigenvalue weighted by Gasteiger charge is 2.29. The van der Waals surface area contributed by atoms with E-state index in [1.807, 2.05) is 39.0 Å². The number of aromatic hydroxyl groups is 1. The van der Waals surface area contributed by atoms with Crippen LogP contribution in [0.25, 0.3) is 22.3 Å². The van der Waals surface area contributed by atoms with Gasteiger partial charge in [0.1, 0.15) is 11.4 Å². The van der Waals surface area contributed by atoms with Gasteiger partial charge in [0.15, 0.2) is 5.65 Å². The zero-order valence-electron chi connectivity index (χ0n) is 17.9. The number of nitrogens with one attached hydrogen (secondary N) is 1. The lowest BCUT2D eigenvalue weighted by atomic mass is 9.91. The van der Waals surface area contributed by atoms with Crippen LogP contribution in [0.2, 0.25) is 0 Å². The summed E-state index contributed by atoms with van der Waals surface area (Å²) in [5.74, 6) is 0.514. The normalized spacial score (nSPS) is 15.5. The molecule has 158 valence electrons. The van der Waals surface area contributed by atoms with Crippen molar-refractivity contribution in [3.8, 4) is 17.0 Å². The molecule has 4 rings (SSSR count). The van der Waals surface area contributed by atoms with Crippen molar-refractivity contribution < 1.29 is 14.6 Å². The minimum absolute atomic E-state index is 0.189. The molecule has 0 bridgehead atoms. The fraction of sp³-hybridized carbons (Fsp3) is 0.435. The molecule has 1 amide bonds. The van der Waals surface area contributed by atoms with Crippen molar-refractivity contribution in [2.75, 3.05) is 13.1 Å². The summed E-state index contributed by atoms with van der Waals surface area (Å²) in [5.41, 5.74) is 3.88. The molecule has 0 aliphatic carbocycles. The van der Waals surface area contributed by atoms with E-state index in [2.05, 4.69) is 22.1 Å². The number of H-pyrrole nitrogens is 1. The van der Waals surface area contributed by atoms with Crippen molar-refractivity contribution in [1.29, 1.82) is 0 Å². The molecule has 1 saturated heterocycles. The maximum absolute atomic E-state index is 12.3. The Balaban J connectivity index is 1.54. The topological polar surface area (TPSA) is 91.3 Å². The highest BCUT2D eigenvalue weighted by atomic mass is 16.6. The maximum Gasteiger partial charge on any atom is 0.410 e. The van der Waals surface area contributed by atoms with Crippen LogP contribution in [0.3, 0.4) is 0 Å². The number of benzene rings is 1. The second-order valence-electron chi connectivity index (χ2n) is 8.91. The van der Waals surface area contributed by atoms with Crippen LogP contribution in [0.5, 0.6) is 5.75 Å². The summed E-state index contributed by atoms with van der Waals surface area (Å²) in [6.07, 6.45) is 1.49. The van der Waals surface area contributed by atoms with Crippen LogP contribution < -0.4 is 0 Å². The van der Waals surface area contributed by atoms with Gasteiger partial charge in [-0.3, -0.25) is 0 Å². The summed E-state index contributed by atoms with van der Waals surface area (Å²) in [5, 5.41) is 19.8. The number of hydrogen-bond donors (Lipinski definition) is 2. The number of rotatable bonds is 2. The summed E-state index contributed by atoms with van der Waals surface area (Å²) >= 11 is 0. The quantitative estimate of drug-likeness (QED) is 0.638. The average Bonchev–Trinajstić information content (AvgIpc) is 3.03. The molecule has 0 unspecified atom stereocenters. The van der Waals surface area contributed by atoms with Crippen molar-refractivity contribution in [1.82, 2.24) is 20.1 Å². The molecule has 7 heteroatoms. The minimum Gasteiger partial charge on any atom is -0.507 e. The van der Waals surface area contributed by atoms with Crippen LogP contribution in [0.4, 0.5) is 4.79 Å². The van der Waals surface area contributed by atoms with Crippen LogP contribution >= 0.6 is 0 Å². The predicted octanol–water partition coefficient (Wildman–Crippen LogP) is 4.75. The van der Waals surface area contributed by atoms with Crippen LogP contribution in [0.15, 0.2) is 30.3 Å². The first-order valence-electron chi connectivity index (χ1n) is 10.3. The van der Waals surface area contributed by atoms with Gasteiger partial charge >= 0.3 is 6.09 Å². The van der Waals surface area contributed by atoms with Gasteiger partial charge in [-0.2, -0.15) is 0 Å². The number of likely N-dealkylation sites (tertiary alicyclic amines) is 1. The van der Waals surface area contributed by atoms with Crippen LogP contribution in [-0.2, 0) is 4.74 Å². The Kier molecular flexibility index (Phi) is 5.13. The minimum atomic E-state index is -0.481.